The molecule has 2 atom stereocenters. The molecule has 1 aliphatic rings. The maximum Gasteiger partial charge on any atom is 0.140 e. The molecule has 5 heteroatoms. The van der Waals surface area contributed by atoms with Gasteiger partial charge in [0.1, 0.15) is 11.7 Å². The number of nitrogens with zero attached hydrogens (tertiary/aromatic N) is 2. The van der Waals surface area contributed by atoms with Crippen molar-refractivity contribution in [3.63, 3.8) is 0 Å². The van der Waals surface area contributed by atoms with E-state index < -0.39 is 0 Å². The highest BCUT2D eigenvalue weighted by Crippen LogP contribution is 2.30. The van der Waals surface area contributed by atoms with Crippen LogP contribution in [0.1, 0.15) is 25.1 Å². The molecule has 1 aliphatic heterocycles. The first-order valence-corrected chi connectivity index (χ1v) is 7.26. The van der Waals surface area contributed by atoms with Crippen LogP contribution in [0.25, 0.3) is 0 Å². The molecular formula is C13H20N4S. The van der Waals surface area contributed by atoms with Crippen molar-refractivity contribution in [1.82, 2.24) is 4.98 Å². The Bertz CT molecular complexity index is 460. The summed E-state index contributed by atoms with van der Waals surface area (Å²) in [7, 11) is 0. The summed E-state index contributed by atoms with van der Waals surface area (Å²) in [4.78, 5) is 6.88. The number of pyridine rings is 1. The molecule has 0 amide bonds. The minimum absolute atomic E-state index is 0.0931. The Kier molecular flexibility index (Phi) is 3.80. The summed E-state index contributed by atoms with van der Waals surface area (Å²) >= 11 is 1.99. The van der Waals surface area contributed by atoms with E-state index in [2.05, 4.69) is 23.7 Å². The van der Waals surface area contributed by atoms with Crippen molar-refractivity contribution in [2.24, 2.45) is 5.73 Å². The number of nitrogens with one attached hydrogen (secondary N) is 1. The van der Waals surface area contributed by atoms with Gasteiger partial charge in [0, 0.05) is 29.3 Å². The van der Waals surface area contributed by atoms with E-state index in [1.807, 2.05) is 30.8 Å². The van der Waals surface area contributed by atoms with Gasteiger partial charge in [-0.15, -0.1) is 0 Å². The van der Waals surface area contributed by atoms with E-state index in [1.54, 1.807) is 0 Å². The predicted octanol–water partition coefficient (Wildman–Crippen LogP) is 2.00. The minimum Gasteiger partial charge on any atom is -0.384 e. The fraction of sp³-hybridized carbons (Fsp3) is 0.538. The van der Waals surface area contributed by atoms with Crippen LogP contribution in [-0.4, -0.2) is 34.4 Å². The van der Waals surface area contributed by atoms with Gasteiger partial charge in [-0.2, -0.15) is 11.8 Å². The molecule has 0 radical (unpaired) electrons. The summed E-state index contributed by atoms with van der Waals surface area (Å²) in [5.74, 6) is 2.05. The number of anilines is 1. The Morgan fingerprint density at radius 2 is 2.22 bits per heavy atom. The normalized spacial score (nSPS) is 24.1. The Morgan fingerprint density at radius 1 is 1.50 bits per heavy atom. The standard InChI is InChI=1S/C13H20N4S/c1-8-4-5-11(12(14)15)13(16-8)17-6-7-18-10(3)9(17)2/h4-5,9-10H,6-7H2,1-3H3,(H3,14,15). The van der Waals surface area contributed by atoms with E-state index in [9.17, 15) is 0 Å². The van der Waals surface area contributed by atoms with Gasteiger partial charge in [0.25, 0.3) is 0 Å². The SMILES string of the molecule is Cc1ccc(C(=N)N)c(N2CCSC(C)C2C)n1. The number of nitrogens with two attached hydrogens (primary N) is 1. The Labute approximate surface area is 112 Å². The third kappa shape index (κ3) is 2.46. The van der Waals surface area contributed by atoms with Crippen molar-refractivity contribution in [2.75, 3.05) is 17.2 Å². The highest BCUT2D eigenvalue weighted by molar-refractivity contribution is 8.00. The highest BCUT2D eigenvalue weighted by Gasteiger charge is 2.28. The lowest BCUT2D eigenvalue weighted by atomic mass is 10.1. The zero-order valence-corrected chi connectivity index (χ0v) is 11.9. The molecule has 0 aliphatic carbocycles. The van der Waals surface area contributed by atoms with Crippen LogP contribution >= 0.6 is 11.8 Å². The Hall–Kier alpha value is -1.23. The van der Waals surface area contributed by atoms with Gasteiger partial charge >= 0.3 is 0 Å². The van der Waals surface area contributed by atoms with Crippen LogP contribution in [0, 0.1) is 12.3 Å². The number of aryl methyl sites for hydroxylation is 1. The van der Waals surface area contributed by atoms with Gasteiger partial charge < -0.3 is 10.6 Å². The van der Waals surface area contributed by atoms with Gasteiger partial charge in [-0.3, -0.25) is 5.41 Å². The number of rotatable bonds is 2. The van der Waals surface area contributed by atoms with Crippen LogP contribution in [0.3, 0.4) is 0 Å². The number of hydrogen-bond donors (Lipinski definition) is 2. The van der Waals surface area contributed by atoms with E-state index in [0.717, 1.165) is 29.4 Å². The largest absolute Gasteiger partial charge is 0.384 e. The fourth-order valence-corrected chi connectivity index (χ4v) is 3.30. The van der Waals surface area contributed by atoms with Crippen LogP contribution in [-0.2, 0) is 0 Å². The third-order valence-corrected chi connectivity index (χ3v) is 4.80. The van der Waals surface area contributed by atoms with Crippen LogP contribution in [0.2, 0.25) is 0 Å². The van der Waals surface area contributed by atoms with E-state index in [0.29, 0.717) is 11.3 Å². The van der Waals surface area contributed by atoms with Gasteiger partial charge in [-0.05, 0) is 26.0 Å². The number of aromatic nitrogens is 1. The quantitative estimate of drug-likeness (QED) is 0.633. The van der Waals surface area contributed by atoms with E-state index >= 15 is 0 Å². The van der Waals surface area contributed by atoms with Gasteiger partial charge in [0.15, 0.2) is 0 Å². The molecule has 3 N–H and O–H groups in total. The number of nitrogen functional groups attached to an aromatic ring is 1. The number of hydrogen-bond acceptors (Lipinski definition) is 4. The molecule has 0 bridgehead atoms. The number of amidine groups is 1. The van der Waals surface area contributed by atoms with Gasteiger partial charge in [0.2, 0.25) is 0 Å². The van der Waals surface area contributed by atoms with E-state index in [-0.39, 0.29) is 5.84 Å². The molecule has 2 heterocycles. The van der Waals surface area contributed by atoms with Crippen molar-refractivity contribution in [1.29, 1.82) is 5.41 Å². The molecule has 0 saturated carbocycles. The Balaban J connectivity index is 2.42. The average Bonchev–Trinajstić information content (AvgIpc) is 2.32. The van der Waals surface area contributed by atoms with E-state index in [1.165, 1.54) is 0 Å². The average molecular weight is 264 g/mol. The zero-order valence-electron chi connectivity index (χ0n) is 11.1. The molecular weight excluding hydrogens is 244 g/mol. The van der Waals surface area contributed by atoms with Crippen molar-refractivity contribution in [3.8, 4) is 0 Å². The molecule has 1 aromatic rings. The molecule has 0 spiro atoms. The molecule has 1 aromatic heterocycles. The minimum atomic E-state index is 0.0931. The molecule has 1 fully saturated rings. The lowest BCUT2D eigenvalue weighted by Crippen LogP contribution is -2.46. The van der Waals surface area contributed by atoms with Crippen molar-refractivity contribution in [2.45, 2.75) is 32.1 Å². The first-order chi connectivity index (χ1) is 8.50. The van der Waals surface area contributed by atoms with Gasteiger partial charge in [0.05, 0.1) is 5.56 Å². The first kappa shape index (κ1) is 13.2. The van der Waals surface area contributed by atoms with Crippen LogP contribution < -0.4 is 10.6 Å². The molecule has 2 unspecified atom stereocenters. The van der Waals surface area contributed by atoms with Crippen molar-refractivity contribution < 1.29 is 0 Å². The Morgan fingerprint density at radius 3 is 2.89 bits per heavy atom. The third-order valence-electron chi connectivity index (χ3n) is 3.46. The fourth-order valence-electron chi connectivity index (χ4n) is 2.20. The topological polar surface area (TPSA) is 66.0 Å². The predicted molar refractivity (Wildman–Crippen MR) is 78.7 cm³/mol. The van der Waals surface area contributed by atoms with Crippen LogP contribution in [0.5, 0.6) is 0 Å². The molecule has 4 nitrogen and oxygen atoms in total. The number of thioether (sulfide) groups is 1. The highest BCUT2D eigenvalue weighted by atomic mass is 32.2. The van der Waals surface area contributed by atoms with E-state index in [4.69, 9.17) is 11.1 Å². The lowest BCUT2D eigenvalue weighted by Gasteiger charge is -2.39. The summed E-state index contributed by atoms with van der Waals surface area (Å²) in [6, 6.07) is 4.22. The van der Waals surface area contributed by atoms with Crippen LogP contribution in [0.4, 0.5) is 5.82 Å². The second-order valence-corrected chi connectivity index (χ2v) is 6.23. The summed E-state index contributed by atoms with van der Waals surface area (Å²) in [6.07, 6.45) is 0. The molecule has 2 rings (SSSR count). The molecule has 98 valence electrons. The second kappa shape index (κ2) is 5.18. The second-order valence-electron chi connectivity index (χ2n) is 4.75. The summed E-state index contributed by atoms with van der Waals surface area (Å²) < 4.78 is 0. The summed E-state index contributed by atoms with van der Waals surface area (Å²) in [5, 5.41) is 8.26. The van der Waals surface area contributed by atoms with Crippen molar-refractivity contribution >= 4 is 23.4 Å². The molecule has 1 saturated heterocycles. The maximum atomic E-state index is 7.69. The smallest absolute Gasteiger partial charge is 0.140 e. The lowest BCUT2D eigenvalue weighted by molar-refractivity contribution is 0.619. The van der Waals surface area contributed by atoms with Crippen LogP contribution in [0.15, 0.2) is 12.1 Å². The monoisotopic (exact) mass is 264 g/mol. The zero-order chi connectivity index (χ0) is 13.3. The molecule has 0 aromatic carbocycles. The van der Waals surface area contributed by atoms with Crippen molar-refractivity contribution in [3.05, 3.63) is 23.4 Å². The maximum absolute atomic E-state index is 7.69. The van der Waals surface area contributed by atoms with Gasteiger partial charge in [-0.1, -0.05) is 6.92 Å². The summed E-state index contributed by atoms with van der Waals surface area (Å²) in [6.45, 7) is 7.39. The molecule has 18 heavy (non-hydrogen) atoms. The summed E-state index contributed by atoms with van der Waals surface area (Å²) in [5.41, 5.74) is 7.37. The first-order valence-electron chi connectivity index (χ1n) is 6.21. The van der Waals surface area contributed by atoms with Gasteiger partial charge in [-0.25, -0.2) is 4.98 Å².